The quantitative estimate of drug-likeness (QED) is 0.826. The van der Waals surface area contributed by atoms with Gasteiger partial charge in [-0.1, -0.05) is 23.7 Å². The Balaban J connectivity index is 1.79. The van der Waals surface area contributed by atoms with Gasteiger partial charge >= 0.3 is 6.09 Å². The average Bonchev–Trinajstić information content (AvgIpc) is 2.63. The summed E-state index contributed by atoms with van der Waals surface area (Å²) in [5.41, 5.74) is 4.05. The number of carbonyl (C=O) groups is 1. The number of rotatable bonds is 4. The number of amidine groups is 1. The van der Waals surface area contributed by atoms with Gasteiger partial charge in [0.15, 0.2) is 5.54 Å². The molecule has 0 radical (unpaired) electrons. The highest BCUT2D eigenvalue weighted by atomic mass is 35.5. The van der Waals surface area contributed by atoms with E-state index in [1.54, 1.807) is 0 Å². The fourth-order valence-corrected chi connectivity index (χ4v) is 2.66. The van der Waals surface area contributed by atoms with Gasteiger partial charge in [-0.3, -0.25) is 10.3 Å². The van der Waals surface area contributed by atoms with Crippen LogP contribution in [-0.4, -0.2) is 36.6 Å². The van der Waals surface area contributed by atoms with E-state index >= 15 is 0 Å². The highest BCUT2D eigenvalue weighted by molar-refractivity contribution is 6.30. The van der Waals surface area contributed by atoms with Crippen LogP contribution in [0.1, 0.15) is 5.56 Å². The third-order valence-electron chi connectivity index (χ3n) is 3.78. The van der Waals surface area contributed by atoms with Crippen molar-refractivity contribution >= 4 is 29.2 Å². The van der Waals surface area contributed by atoms with Crippen LogP contribution in [0.4, 0.5) is 19.3 Å². The van der Waals surface area contributed by atoms with Gasteiger partial charge in [0.2, 0.25) is 5.88 Å². The van der Waals surface area contributed by atoms with Crippen molar-refractivity contribution in [2.45, 2.75) is 12.0 Å². The summed E-state index contributed by atoms with van der Waals surface area (Å²) < 4.78 is 37.7. The molecule has 1 unspecified atom stereocenters. The number of aromatic nitrogens is 1. The van der Waals surface area contributed by atoms with E-state index in [2.05, 4.69) is 15.3 Å². The first-order valence-corrected chi connectivity index (χ1v) is 8.18. The Kier molecular flexibility index (Phi) is 5.52. The number of amides is 1. The molecule has 2 heterocycles. The maximum Gasteiger partial charge on any atom is 0.418 e. The molecule has 7 nitrogen and oxygen atoms in total. The standard InChI is InChI=1S/C17H15ClF2N4O3/c18-11-4-5-14(22-7-11)27-16(25)23-12-3-1-2-10(6-12)17(15(19)20)9-26-8-13(21)24-17/h1-7,15H,8-9H2,(H2,21,24)(H,23,25). The zero-order valence-corrected chi connectivity index (χ0v) is 14.6. The molecule has 0 spiro atoms. The van der Waals surface area contributed by atoms with E-state index in [9.17, 15) is 13.6 Å². The molecule has 0 bridgehead atoms. The molecule has 0 aliphatic carbocycles. The van der Waals surface area contributed by atoms with E-state index in [1.807, 2.05) is 0 Å². The van der Waals surface area contributed by atoms with Crippen LogP contribution in [0, 0.1) is 0 Å². The summed E-state index contributed by atoms with van der Waals surface area (Å²) in [5.74, 6) is 0.0169. The summed E-state index contributed by atoms with van der Waals surface area (Å²) in [5, 5.41) is 2.84. The van der Waals surface area contributed by atoms with Crippen LogP contribution >= 0.6 is 11.6 Å². The molecule has 0 saturated carbocycles. The minimum atomic E-state index is -2.85. The number of carbonyl (C=O) groups excluding carboxylic acids is 1. The molecular weight excluding hydrogens is 382 g/mol. The second-order valence-electron chi connectivity index (χ2n) is 5.73. The average molecular weight is 397 g/mol. The molecule has 1 aromatic carbocycles. The van der Waals surface area contributed by atoms with Crippen molar-refractivity contribution in [3.05, 3.63) is 53.2 Å². The number of nitrogens with one attached hydrogen (secondary N) is 1. The summed E-state index contributed by atoms with van der Waals surface area (Å²) in [6, 6.07) is 8.80. The second-order valence-corrected chi connectivity index (χ2v) is 6.17. The lowest BCUT2D eigenvalue weighted by Crippen LogP contribution is -2.44. The topological polar surface area (TPSA) is 98.8 Å². The smallest absolute Gasteiger partial charge is 0.391 e. The Labute approximate surface area is 158 Å². The lowest BCUT2D eigenvalue weighted by Gasteiger charge is -2.33. The number of aliphatic imine (C=N–C) groups is 1. The Morgan fingerprint density at radius 3 is 2.85 bits per heavy atom. The van der Waals surface area contributed by atoms with Crippen molar-refractivity contribution in [3.63, 3.8) is 0 Å². The fourth-order valence-electron chi connectivity index (χ4n) is 2.54. The Morgan fingerprint density at radius 1 is 1.37 bits per heavy atom. The van der Waals surface area contributed by atoms with Crippen LogP contribution in [-0.2, 0) is 10.3 Å². The number of pyridine rings is 1. The van der Waals surface area contributed by atoms with Crippen molar-refractivity contribution in [1.82, 2.24) is 4.98 Å². The third kappa shape index (κ3) is 4.32. The molecule has 0 fully saturated rings. The zero-order valence-electron chi connectivity index (χ0n) is 13.9. The SMILES string of the molecule is NC1=NC(c2cccc(NC(=O)Oc3ccc(Cl)cn3)c2)(C(F)F)COC1. The van der Waals surface area contributed by atoms with Crippen LogP contribution in [0.5, 0.6) is 5.88 Å². The number of nitrogens with two attached hydrogens (primary N) is 1. The van der Waals surface area contributed by atoms with Crippen LogP contribution < -0.4 is 15.8 Å². The Hall–Kier alpha value is -2.78. The van der Waals surface area contributed by atoms with Gasteiger partial charge in [0.25, 0.3) is 6.43 Å². The molecule has 27 heavy (non-hydrogen) atoms. The van der Waals surface area contributed by atoms with Crippen LogP contribution in [0.3, 0.4) is 0 Å². The molecule has 142 valence electrons. The number of ether oxygens (including phenoxy) is 2. The highest BCUT2D eigenvalue weighted by Gasteiger charge is 2.44. The van der Waals surface area contributed by atoms with Crippen LogP contribution in [0.25, 0.3) is 0 Å². The van der Waals surface area contributed by atoms with Gasteiger partial charge in [-0.2, -0.15) is 0 Å². The minimum Gasteiger partial charge on any atom is -0.391 e. The van der Waals surface area contributed by atoms with Gasteiger partial charge < -0.3 is 15.2 Å². The third-order valence-corrected chi connectivity index (χ3v) is 4.01. The van der Waals surface area contributed by atoms with Crippen molar-refractivity contribution in [2.24, 2.45) is 10.7 Å². The molecular formula is C17H15ClF2N4O3. The maximum absolute atomic E-state index is 13.8. The van der Waals surface area contributed by atoms with E-state index in [-0.39, 0.29) is 36.2 Å². The van der Waals surface area contributed by atoms with Gasteiger partial charge in [-0.15, -0.1) is 0 Å². The summed E-state index contributed by atoms with van der Waals surface area (Å²) in [6.45, 7) is -0.333. The molecule has 1 aliphatic rings. The van der Waals surface area contributed by atoms with Gasteiger partial charge in [0.1, 0.15) is 12.4 Å². The number of hydrogen-bond donors (Lipinski definition) is 2. The van der Waals surface area contributed by atoms with Crippen LogP contribution in [0.2, 0.25) is 5.02 Å². The molecule has 1 amide bonds. The van der Waals surface area contributed by atoms with E-state index < -0.39 is 18.1 Å². The molecule has 3 rings (SSSR count). The molecule has 1 aliphatic heterocycles. The normalized spacial score (nSPS) is 19.5. The van der Waals surface area contributed by atoms with E-state index in [0.29, 0.717) is 5.02 Å². The minimum absolute atomic E-state index is 0.00711. The zero-order chi connectivity index (χ0) is 19.4. The van der Waals surface area contributed by atoms with Gasteiger partial charge in [-0.25, -0.2) is 18.6 Å². The number of alkyl halides is 2. The number of hydrogen-bond acceptors (Lipinski definition) is 6. The van der Waals surface area contributed by atoms with E-state index in [4.69, 9.17) is 26.8 Å². The molecule has 1 aromatic heterocycles. The van der Waals surface area contributed by atoms with Gasteiger partial charge in [0.05, 0.1) is 11.6 Å². The first-order chi connectivity index (χ1) is 12.9. The lowest BCUT2D eigenvalue weighted by molar-refractivity contribution is -0.0129. The van der Waals surface area contributed by atoms with Crippen molar-refractivity contribution in [1.29, 1.82) is 0 Å². The van der Waals surface area contributed by atoms with Gasteiger partial charge in [-0.05, 0) is 23.8 Å². The maximum atomic E-state index is 13.8. The monoisotopic (exact) mass is 396 g/mol. The van der Waals surface area contributed by atoms with Crippen LogP contribution in [0.15, 0.2) is 47.6 Å². The largest absolute Gasteiger partial charge is 0.418 e. The molecule has 3 N–H and O–H groups in total. The number of anilines is 1. The number of benzene rings is 1. The van der Waals surface area contributed by atoms with Crippen molar-refractivity contribution in [2.75, 3.05) is 18.5 Å². The number of nitrogens with zero attached hydrogens (tertiary/aromatic N) is 2. The van der Waals surface area contributed by atoms with E-state index in [0.717, 1.165) is 0 Å². The molecule has 0 saturated heterocycles. The Morgan fingerprint density at radius 2 is 2.19 bits per heavy atom. The molecule has 10 heteroatoms. The molecule has 2 aromatic rings. The second kappa shape index (κ2) is 7.85. The molecule has 1 atom stereocenters. The predicted molar refractivity (Wildman–Crippen MR) is 95.5 cm³/mol. The first-order valence-electron chi connectivity index (χ1n) is 7.80. The summed E-state index contributed by atoms with van der Waals surface area (Å²) >= 11 is 5.71. The van der Waals surface area contributed by atoms with Gasteiger partial charge in [0, 0.05) is 18.0 Å². The summed E-state index contributed by atoms with van der Waals surface area (Å²) in [6.07, 6.45) is -2.37. The number of halogens is 3. The summed E-state index contributed by atoms with van der Waals surface area (Å²) in [4.78, 5) is 19.8. The van der Waals surface area contributed by atoms with E-state index in [1.165, 1.54) is 42.6 Å². The highest BCUT2D eigenvalue weighted by Crippen LogP contribution is 2.36. The summed E-state index contributed by atoms with van der Waals surface area (Å²) in [7, 11) is 0. The predicted octanol–water partition coefficient (Wildman–Crippen LogP) is 3.19. The Bertz CT molecular complexity index is 864. The van der Waals surface area contributed by atoms with Crippen molar-refractivity contribution in [3.8, 4) is 5.88 Å². The fraction of sp³-hybridized carbons (Fsp3) is 0.235. The first kappa shape index (κ1) is 19.0. The van der Waals surface area contributed by atoms with Crippen molar-refractivity contribution < 1.29 is 23.0 Å². The lowest BCUT2D eigenvalue weighted by atomic mass is 9.90.